The fourth-order valence-electron chi connectivity index (χ4n) is 1.88. The molecule has 0 aliphatic carbocycles. The monoisotopic (exact) mass is 365 g/mol. The topological polar surface area (TPSA) is 64.1 Å². The Morgan fingerprint density at radius 2 is 2.04 bits per heavy atom. The van der Waals surface area contributed by atoms with Gasteiger partial charge in [0, 0.05) is 5.75 Å². The van der Waals surface area contributed by atoms with E-state index in [1.807, 2.05) is 24.3 Å². The lowest BCUT2D eigenvalue weighted by Crippen LogP contribution is -2.20. The predicted octanol–water partition coefficient (Wildman–Crippen LogP) is 4.57. The van der Waals surface area contributed by atoms with Crippen LogP contribution in [0, 0.1) is 0 Å². The first-order chi connectivity index (χ1) is 11.6. The first-order valence-corrected chi connectivity index (χ1v) is 9.87. The van der Waals surface area contributed by atoms with Gasteiger partial charge in [0.15, 0.2) is 10.9 Å². The number of hydrogen-bond acceptors (Lipinski definition) is 6. The Labute approximate surface area is 151 Å². The van der Waals surface area contributed by atoms with E-state index in [1.165, 1.54) is 16.9 Å². The van der Waals surface area contributed by atoms with Crippen LogP contribution in [0.3, 0.4) is 0 Å². The molecule has 24 heavy (non-hydrogen) atoms. The number of ether oxygens (including phenoxy) is 1. The molecule has 7 heteroatoms. The van der Waals surface area contributed by atoms with Crippen molar-refractivity contribution in [2.24, 2.45) is 0 Å². The molecule has 2 aromatic rings. The van der Waals surface area contributed by atoms with Gasteiger partial charge in [-0.15, -0.1) is 10.2 Å². The summed E-state index contributed by atoms with van der Waals surface area (Å²) in [7, 11) is 0. The molecule has 0 aliphatic rings. The number of thioether (sulfide) groups is 1. The fourth-order valence-corrected chi connectivity index (χ4v) is 3.80. The van der Waals surface area contributed by atoms with Crippen molar-refractivity contribution in [3.63, 3.8) is 0 Å². The molecule has 0 aliphatic heterocycles. The van der Waals surface area contributed by atoms with Gasteiger partial charge in [0.25, 0.3) is 5.91 Å². The van der Waals surface area contributed by atoms with Crippen molar-refractivity contribution in [2.75, 3.05) is 17.7 Å². The van der Waals surface area contributed by atoms with Gasteiger partial charge in [-0.25, -0.2) is 0 Å². The van der Waals surface area contributed by atoms with Crippen LogP contribution in [0.5, 0.6) is 5.75 Å². The van der Waals surface area contributed by atoms with Crippen molar-refractivity contribution in [1.82, 2.24) is 10.2 Å². The van der Waals surface area contributed by atoms with E-state index >= 15 is 0 Å². The van der Waals surface area contributed by atoms with Crippen LogP contribution in [0.4, 0.5) is 5.13 Å². The normalized spacial score (nSPS) is 10.8. The van der Waals surface area contributed by atoms with Crippen molar-refractivity contribution in [3.05, 3.63) is 29.8 Å². The molecule has 1 heterocycles. The Balaban J connectivity index is 1.76. The van der Waals surface area contributed by atoms with E-state index in [0.717, 1.165) is 22.9 Å². The number of carbonyl (C=O) groups excluding carboxylic acids is 1. The van der Waals surface area contributed by atoms with Crippen molar-refractivity contribution < 1.29 is 9.53 Å². The van der Waals surface area contributed by atoms with Gasteiger partial charge in [0.05, 0.1) is 0 Å². The number of aromatic nitrogens is 2. The summed E-state index contributed by atoms with van der Waals surface area (Å²) in [5.41, 5.74) is 1.24. The summed E-state index contributed by atoms with van der Waals surface area (Å²) >= 11 is 3.06. The molecule has 1 aromatic heterocycles. The molecule has 1 amide bonds. The third-order valence-corrected chi connectivity index (χ3v) is 5.35. The lowest BCUT2D eigenvalue weighted by molar-refractivity contribution is -0.118. The first kappa shape index (κ1) is 18.7. The van der Waals surface area contributed by atoms with E-state index in [-0.39, 0.29) is 12.5 Å². The standard InChI is InChI=1S/C17H23N3O2S2/c1-4-5-10-23-17-20-19-16(24-17)18-15(21)11-22-14-8-6-13(7-9-14)12(2)3/h6-9,12H,4-5,10-11H2,1-3H3,(H,18,19,21). The second kappa shape index (κ2) is 9.64. The zero-order valence-electron chi connectivity index (χ0n) is 14.2. The molecule has 0 atom stereocenters. The summed E-state index contributed by atoms with van der Waals surface area (Å²) in [5.74, 6) is 1.95. The van der Waals surface area contributed by atoms with Crippen molar-refractivity contribution in [1.29, 1.82) is 0 Å². The number of unbranched alkanes of at least 4 members (excludes halogenated alkanes) is 1. The lowest BCUT2D eigenvalue weighted by Gasteiger charge is -2.08. The van der Waals surface area contributed by atoms with Crippen LogP contribution in [0.2, 0.25) is 0 Å². The minimum atomic E-state index is -0.232. The van der Waals surface area contributed by atoms with Crippen molar-refractivity contribution in [3.8, 4) is 5.75 Å². The number of benzene rings is 1. The highest BCUT2D eigenvalue weighted by Crippen LogP contribution is 2.26. The van der Waals surface area contributed by atoms with Crippen LogP contribution in [-0.2, 0) is 4.79 Å². The number of anilines is 1. The van der Waals surface area contributed by atoms with Crippen LogP contribution >= 0.6 is 23.1 Å². The lowest BCUT2D eigenvalue weighted by atomic mass is 10.0. The molecule has 0 bridgehead atoms. The SMILES string of the molecule is CCCCSc1nnc(NC(=O)COc2ccc(C(C)C)cc2)s1. The molecule has 0 unspecified atom stereocenters. The Morgan fingerprint density at radius 3 is 2.71 bits per heavy atom. The first-order valence-electron chi connectivity index (χ1n) is 8.07. The predicted molar refractivity (Wildman–Crippen MR) is 100 cm³/mol. The molecular formula is C17H23N3O2S2. The Morgan fingerprint density at radius 1 is 1.29 bits per heavy atom. The van der Waals surface area contributed by atoms with Crippen LogP contribution in [0.1, 0.15) is 45.1 Å². The van der Waals surface area contributed by atoms with E-state index in [9.17, 15) is 4.79 Å². The van der Waals surface area contributed by atoms with Gasteiger partial charge in [-0.1, -0.05) is 62.4 Å². The minimum absolute atomic E-state index is 0.0427. The van der Waals surface area contributed by atoms with Crippen LogP contribution in [0.15, 0.2) is 28.6 Å². The molecule has 130 valence electrons. The number of amides is 1. The maximum atomic E-state index is 11.9. The Bertz CT molecular complexity index is 642. The highest BCUT2D eigenvalue weighted by Gasteiger charge is 2.09. The largest absolute Gasteiger partial charge is 0.484 e. The van der Waals surface area contributed by atoms with Crippen LogP contribution < -0.4 is 10.1 Å². The zero-order valence-corrected chi connectivity index (χ0v) is 15.9. The van der Waals surface area contributed by atoms with E-state index in [4.69, 9.17) is 4.74 Å². The summed E-state index contributed by atoms with van der Waals surface area (Å²) in [6, 6.07) is 7.80. The molecule has 0 saturated heterocycles. The maximum absolute atomic E-state index is 11.9. The van der Waals surface area contributed by atoms with E-state index in [2.05, 4.69) is 36.3 Å². The van der Waals surface area contributed by atoms with Gasteiger partial charge in [-0.3, -0.25) is 10.1 Å². The average molecular weight is 366 g/mol. The quantitative estimate of drug-likeness (QED) is 0.400. The maximum Gasteiger partial charge on any atom is 0.264 e. The molecule has 2 rings (SSSR count). The van der Waals surface area contributed by atoms with Gasteiger partial charge < -0.3 is 4.74 Å². The van der Waals surface area contributed by atoms with Gasteiger partial charge in [-0.2, -0.15) is 0 Å². The van der Waals surface area contributed by atoms with Gasteiger partial charge >= 0.3 is 0 Å². The van der Waals surface area contributed by atoms with E-state index < -0.39 is 0 Å². The number of carbonyl (C=O) groups is 1. The molecule has 0 radical (unpaired) electrons. The second-order valence-corrected chi connectivity index (χ2v) is 7.96. The molecular weight excluding hydrogens is 342 g/mol. The Kier molecular flexibility index (Phi) is 7.52. The van der Waals surface area contributed by atoms with Gasteiger partial charge in [0.1, 0.15) is 5.75 Å². The van der Waals surface area contributed by atoms with Gasteiger partial charge in [-0.05, 0) is 30.0 Å². The third-order valence-electron chi connectivity index (χ3n) is 3.29. The van der Waals surface area contributed by atoms with E-state index in [0.29, 0.717) is 16.8 Å². The highest BCUT2D eigenvalue weighted by atomic mass is 32.2. The molecule has 1 N–H and O–H groups in total. The fraction of sp³-hybridized carbons (Fsp3) is 0.471. The smallest absolute Gasteiger partial charge is 0.264 e. The highest BCUT2D eigenvalue weighted by molar-refractivity contribution is 8.01. The summed E-state index contributed by atoms with van der Waals surface area (Å²) in [4.78, 5) is 11.9. The number of nitrogens with zero attached hydrogens (tertiary/aromatic N) is 2. The third kappa shape index (κ3) is 6.13. The summed E-state index contributed by atoms with van der Waals surface area (Å²) < 4.78 is 6.38. The zero-order chi connectivity index (χ0) is 17.4. The van der Waals surface area contributed by atoms with Crippen LogP contribution in [0.25, 0.3) is 0 Å². The summed E-state index contributed by atoms with van der Waals surface area (Å²) in [5, 5.41) is 11.3. The Hall–Kier alpha value is -1.60. The minimum Gasteiger partial charge on any atom is -0.484 e. The van der Waals surface area contributed by atoms with E-state index in [1.54, 1.807) is 11.8 Å². The van der Waals surface area contributed by atoms with Crippen molar-refractivity contribution in [2.45, 2.75) is 43.9 Å². The molecule has 5 nitrogen and oxygen atoms in total. The van der Waals surface area contributed by atoms with Gasteiger partial charge in [0.2, 0.25) is 5.13 Å². The van der Waals surface area contributed by atoms with Crippen LogP contribution in [-0.4, -0.2) is 28.5 Å². The molecule has 0 saturated carbocycles. The summed E-state index contributed by atoms with van der Waals surface area (Å²) in [6.07, 6.45) is 2.31. The molecule has 0 spiro atoms. The average Bonchev–Trinajstić information content (AvgIpc) is 3.01. The number of rotatable bonds is 9. The van der Waals surface area contributed by atoms with Crippen molar-refractivity contribution >= 4 is 34.1 Å². The second-order valence-electron chi connectivity index (χ2n) is 5.64. The molecule has 1 aromatic carbocycles. The molecule has 0 fully saturated rings. The number of nitrogens with one attached hydrogen (secondary N) is 1. The summed E-state index contributed by atoms with van der Waals surface area (Å²) in [6.45, 7) is 6.39. The number of hydrogen-bond donors (Lipinski definition) is 1.